The summed E-state index contributed by atoms with van der Waals surface area (Å²) >= 11 is 0. The fraction of sp³-hybridized carbons (Fsp3) is 0.400. The molecule has 2 nitrogen and oxygen atoms in total. The molecule has 0 saturated carbocycles. The fourth-order valence-electron chi connectivity index (χ4n) is 3.10. The summed E-state index contributed by atoms with van der Waals surface area (Å²) in [5, 5.41) is 2.39. The second-order valence-corrected chi connectivity index (χ2v) is 5.99. The number of ether oxygens (including phenoxy) is 1. The Morgan fingerprint density at radius 1 is 0.864 bits per heavy atom. The number of benzene rings is 2. The van der Waals surface area contributed by atoms with E-state index in [0.717, 1.165) is 48.3 Å². The van der Waals surface area contributed by atoms with Crippen molar-refractivity contribution in [3.63, 3.8) is 0 Å². The van der Waals surface area contributed by atoms with Gasteiger partial charge < -0.3 is 9.15 Å². The molecule has 0 atom stereocenters. The van der Waals surface area contributed by atoms with Crippen LogP contribution in [0.4, 0.5) is 0 Å². The summed E-state index contributed by atoms with van der Waals surface area (Å²) in [5.41, 5.74) is 5.73. The van der Waals surface area contributed by atoms with E-state index in [1.54, 1.807) is 0 Å². The number of hydrogen-bond acceptors (Lipinski definition) is 2. The van der Waals surface area contributed by atoms with Gasteiger partial charge in [0.25, 0.3) is 0 Å². The SMILES string of the molecule is CCCOc1ccc2c(oc3c(C)c(CCC)ccc32)c1C. The summed E-state index contributed by atoms with van der Waals surface area (Å²) in [6.45, 7) is 9.32. The minimum atomic E-state index is 0.742. The number of aryl methyl sites for hydroxylation is 3. The third-order valence-electron chi connectivity index (χ3n) is 4.35. The van der Waals surface area contributed by atoms with Crippen LogP contribution in [0.5, 0.6) is 5.75 Å². The lowest BCUT2D eigenvalue weighted by atomic mass is 10.0. The molecular formula is C20H24O2. The third kappa shape index (κ3) is 2.37. The zero-order valence-corrected chi connectivity index (χ0v) is 14.0. The second kappa shape index (κ2) is 6.04. The first-order chi connectivity index (χ1) is 10.7. The molecule has 3 aromatic rings. The van der Waals surface area contributed by atoms with E-state index in [4.69, 9.17) is 9.15 Å². The van der Waals surface area contributed by atoms with Gasteiger partial charge in [-0.05, 0) is 49.9 Å². The van der Waals surface area contributed by atoms with Crippen molar-refractivity contribution >= 4 is 21.9 Å². The molecule has 0 N–H and O–H groups in total. The van der Waals surface area contributed by atoms with Gasteiger partial charge in [-0.25, -0.2) is 0 Å². The van der Waals surface area contributed by atoms with Gasteiger partial charge in [-0.1, -0.05) is 32.4 Å². The molecule has 0 amide bonds. The van der Waals surface area contributed by atoms with Gasteiger partial charge in [0.2, 0.25) is 0 Å². The lowest BCUT2D eigenvalue weighted by Gasteiger charge is -2.07. The molecule has 0 fully saturated rings. The minimum Gasteiger partial charge on any atom is -0.493 e. The lowest BCUT2D eigenvalue weighted by Crippen LogP contribution is -1.96. The molecule has 22 heavy (non-hydrogen) atoms. The topological polar surface area (TPSA) is 22.4 Å². The van der Waals surface area contributed by atoms with Crippen molar-refractivity contribution in [3.05, 3.63) is 41.0 Å². The van der Waals surface area contributed by atoms with E-state index in [2.05, 4.69) is 52.0 Å². The third-order valence-corrected chi connectivity index (χ3v) is 4.35. The average molecular weight is 296 g/mol. The highest BCUT2D eigenvalue weighted by Crippen LogP contribution is 2.37. The van der Waals surface area contributed by atoms with Gasteiger partial charge in [0.1, 0.15) is 16.9 Å². The highest BCUT2D eigenvalue weighted by Gasteiger charge is 2.15. The van der Waals surface area contributed by atoms with Crippen LogP contribution in [-0.4, -0.2) is 6.61 Å². The first-order valence-electron chi connectivity index (χ1n) is 8.24. The van der Waals surface area contributed by atoms with Crippen LogP contribution in [0.15, 0.2) is 28.7 Å². The molecule has 0 aliphatic heterocycles. The maximum Gasteiger partial charge on any atom is 0.142 e. The number of rotatable bonds is 5. The number of fused-ring (bicyclic) bond motifs is 3. The van der Waals surface area contributed by atoms with E-state index < -0.39 is 0 Å². The fourth-order valence-corrected chi connectivity index (χ4v) is 3.10. The Morgan fingerprint density at radius 2 is 1.55 bits per heavy atom. The van der Waals surface area contributed by atoms with Crippen LogP contribution in [0.1, 0.15) is 43.4 Å². The maximum atomic E-state index is 6.24. The molecule has 2 aromatic carbocycles. The lowest BCUT2D eigenvalue weighted by molar-refractivity contribution is 0.315. The van der Waals surface area contributed by atoms with Gasteiger partial charge >= 0.3 is 0 Å². The summed E-state index contributed by atoms with van der Waals surface area (Å²) in [4.78, 5) is 0. The standard InChI is InChI=1S/C20H24O2/c1-5-7-15-8-9-16-17-10-11-18(21-12-6-2)14(4)20(17)22-19(16)13(15)3/h8-11H,5-7,12H2,1-4H3. The van der Waals surface area contributed by atoms with E-state index >= 15 is 0 Å². The predicted molar refractivity (Wildman–Crippen MR) is 93.0 cm³/mol. The monoisotopic (exact) mass is 296 g/mol. The molecule has 0 aliphatic rings. The highest BCUT2D eigenvalue weighted by molar-refractivity contribution is 6.07. The Balaban J connectivity index is 2.20. The molecule has 0 saturated heterocycles. The van der Waals surface area contributed by atoms with Crippen molar-refractivity contribution in [2.24, 2.45) is 0 Å². The first kappa shape index (κ1) is 15.0. The van der Waals surface area contributed by atoms with Gasteiger partial charge in [0.05, 0.1) is 6.61 Å². The summed E-state index contributed by atoms with van der Waals surface area (Å²) in [7, 11) is 0. The van der Waals surface area contributed by atoms with Crippen molar-refractivity contribution in [2.45, 2.75) is 47.0 Å². The Kier molecular flexibility index (Phi) is 4.10. The zero-order valence-electron chi connectivity index (χ0n) is 14.0. The van der Waals surface area contributed by atoms with Crippen molar-refractivity contribution in [1.82, 2.24) is 0 Å². The molecular weight excluding hydrogens is 272 g/mol. The van der Waals surface area contributed by atoms with Crippen LogP contribution in [0.3, 0.4) is 0 Å². The van der Waals surface area contributed by atoms with E-state index in [-0.39, 0.29) is 0 Å². The normalized spacial score (nSPS) is 11.5. The van der Waals surface area contributed by atoms with Gasteiger partial charge in [-0.3, -0.25) is 0 Å². The van der Waals surface area contributed by atoms with Crippen LogP contribution in [0, 0.1) is 13.8 Å². The van der Waals surface area contributed by atoms with Crippen molar-refractivity contribution in [1.29, 1.82) is 0 Å². The zero-order chi connectivity index (χ0) is 15.7. The molecule has 2 heteroatoms. The van der Waals surface area contributed by atoms with Crippen molar-refractivity contribution in [2.75, 3.05) is 6.61 Å². The Bertz CT molecular complexity index is 812. The Morgan fingerprint density at radius 3 is 2.23 bits per heavy atom. The van der Waals surface area contributed by atoms with Crippen LogP contribution >= 0.6 is 0 Å². The van der Waals surface area contributed by atoms with Gasteiger partial charge in [0.15, 0.2) is 0 Å². The van der Waals surface area contributed by atoms with Crippen LogP contribution < -0.4 is 4.74 Å². The molecule has 3 rings (SSSR count). The Labute approximate surface area is 132 Å². The summed E-state index contributed by atoms with van der Waals surface area (Å²) in [6, 6.07) is 8.63. The smallest absolute Gasteiger partial charge is 0.142 e. The molecule has 0 aliphatic carbocycles. The molecule has 116 valence electrons. The number of hydrogen-bond donors (Lipinski definition) is 0. The van der Waals surface area contributed by atoms with Gasteiger partial charge in [-0.2, -0.15) is 0 Å². The predicted octanol–water partition coefficient (Wildman–Crippen LogP) is 5.94. The molecule has 1 heterocycles. The molecule has 1 aromatic heterocycles. The van der Waals surface area contributed by atoms with Gasteiger partial charge in [-0.15, -0.1) is 0 Å². The first-order valence-corrected chi connectivity index (χ1v) is 8.24. The Hall–Kier alpha value is -1.96. The summed E-state index contributed by atoms with van der Waals surface area (Å²) in [5.74, 6) is 0.930. The van der Waals surface area contributed by atoms with Crippen molar-refractivity contribution in [3.8, 4) is 5.75 Å². The van der Waals surface area contributed by atoms with E-state index in [1.807, 2.05) is 0 Å². The van der Waals surface area contributed by atoms with Crippen molar-refractivity contribution < 1.29 is 9.15 Å². The average Bonchev–Trinajstić information content (AvgIpc) is 2.90. The summed E-state index contributed by atoms with van der Waals surface area (Å²) < 4.78 is 12.1. The maximum absolute atomic E-state index is 6.24. The minimum absolute atomic E-state index is 0.742. The number of furan rings is 1. The molecule has 0 bridgehead atoms. The van der Waals surface area contributed by atoms with Crippen LogP contribution in [0.25, 0.3) is 21.9 Å². The highest BCUT2D eigenvalue weighted by atomic mass is 16.5. The molecule has 0 spiro atoms. The molecule has 0 unspecified atom stereocenters. The van der Waals surface area contributed by atoms with Crippen LogP contribution in [-0.2, 0) is 6.42 Å². The van der Waals surface area contributed by atoms with E-state index in [0.29, 0.717) is 0 Å². The van der Waals surface area contributed by atoms with Gasteiger partial charge in [0, 0.05) is 16.3 Å². The molecule has 0 radical (unpaired) electrons. The van der Waals surface area contributed by atoms with E-state index in [1.165, 1.54) is 21.9 Å². The quantitative estimate of drug-likeness (QED) is 0.581. The summed E-state index contributed by atoms with van der Waals surface area (Å²) in [6.07, 6.45) is 3.26. The van der Waals surface area contributed by atoms with E-state index in [9.17, 15) is 0 Å². The van der Waals surface area contributed by atoms with Crippen LogP contribution in [0.2, 0.25) is 0 Å². The second-order valence-electron chi connectivity index (χ2n) is 5.99. The largest absolute Gasteiger partial charge is 0.493 e.